The lowest BCUT2D eigenvalue weighted by molar-refractivity contribution is 0.140. The highest BCUT2D eigenvalue weighted by Gasteiger charge is 2.10. The number of nitrogens with two attached hydrogens (primary N) is 1. The summed E-state index contributed by atoms with van der Waals surface area (Å²) >= 11 is 3.45. The van der Waals surface area contributed by atoms with Gasteiger partial charge in [0.25, 0.3) is 0 Å². The first-order chi connectivity index (χ1) is 7.22. The molecule has 0 heterocycles. The van der Waals surface area contributed by atoms with E-state index in [9.17, 15) is 0 Å². The zero-order valence-electron chi connectivity index (χ0n) is 8.75. The summed E-state index contributed by atoms with van der Waals surface area (Å²) < 4.78 is 11.3. The third kappa shape index (κ3) is 3.09. The van der Waals surface area contributed by atoms with Crippen LogP contribution in [0.25, 0.3) is 0 Å². The second-order valence-corrected chi connectivity index (χ2v) is 3.77. The maximum absolute atomic E-state index is 5.26. The Morgan fingerprint density at radius 1 is 1.27 bits per heavy atom. The number of ether oxygens (including phenoxy) is 2. The van der Waals surface area contributed by atoms with Crippen molar-refractivity contribution in [1.29, 1.82) is 0 Å². The molecule has 1 aromatic rings. The van der Waals surface area contributed by atoms with Crippen molar-refractivity contribution in [2.45, 2.75) is 6.42 Å². The van der Waals surface area contributed by atoms with Gasteiger partial charge in [-0.25, -0.2) is 5.90 Å². The molecule has 0 unspecified atom stereocenters. The van der Waals surface area contributed by atoms with Crippen molar-refractivity contribution in [1.82, 2.24) is 0 Å². The smallest absolute Gasteiger partial charge is 0.126 e. The van der Waals surface area contributed by atoms with Gasteiger partial charge in [0.15, 0.2) is 0 Å². The molecule has 0 saturated heterocycles. The van der Waals surface area contributed by atoms with Gasteiger partial charge in [0, 0.05) is 22.5 Å². The predicted molar refractivity (Wildman–Crippen MR) is 61.1 cm³/mol. The highest BCUT2D eigenvalue weighted by molar-refractivity contribution is 9.10. The van der Waals surface area contributed by atoms with E-state index in [-0.39, 0.29) is 0 Å². The van der Waals surface area contributed by atoms with E-state index in [2.05, 4.69) is 20.8 Å². The summed E-state index contributed by atoms with van der Waals surface area (Å²) in [6, 6.07) is 3.71. The summed E-state index contributed by atoms with van der Waals surface area (Å²) in [6.07, 6.45) is 0.685. The monoisotopic (exact) mass is 275 g/mol. The summed E-state index contributed by atoms with van der Waals surface area (Å²) in [7, 11) is 3.23. The molecule has 4 nitrogen and oxygen atoms in total. The standard InChI is InChI=1S/C10H14BrNO3/c1-13-7-5-9(11)8(3-4-15-12)10(6-7)14-2/h5-6H,3-4,12H2,1-2H3. The molecule has 0 radical (unpaired) electrons. The van der Waals surface area contributed by atoms with Gasteiger partial charge in [0.1, 0.15) is 11.5 Å². The summed E-state index contributed by atoms with van der Waals surface area (Å²) in [4.78, 5) is 4.55. The molecule has 0 fully saturated rings. The van der Waals surface area contributed by atoms with Crippen molar-refractivity contribution in [2.75, 3.05) is 20.8 Å². The quantitative estimate of drug-likeness (QED) is 0.834. The van der Waals surface area contributed by atoms with Crippen molar-refractivity contribution in [3.63, 3.8) is 0 Å². The third-order valence-electron chi connectivity index (χ3n) is 2.05. The summed E-state index contributed by atoms with van der Waals surface area (Å²) in [5.74, 6) is 6.50. The Hall–Kier alpha value is -0.780. The molecule has 0 spiro atoms. The summed E-state index contributed by atoms with van der Waals surface area (Å²) in [5.41, 5.74) is 1.02. The molecular weight excluding hydrogens is 262 g/mol. The highest BCUT2D eigenvalue weighted by atomic mass is 79.9. The van der Waals surface area contributed by atoms with E-state index < -0.39 is 0 Å². The van der Waals surface area contributed by atoms with E-state index in [1.807, 2.05) is 12.1 Å². The number of benzene rings is 1. The lowest BCUT2D eigenvalue weighted by Crippen LogP contribution is -2.05. The minimum Gasteiger partial charge on any atom is -0.497 e. The number of hydrogen-bond donors (Lipinski definition) is 1. The lowest BCUT2D eigenvalue weighted by atomic mass is 10.1. The largest absolute Gasteiger partial charge is 0.497 e. The van der Waals surface area contributed by atoms with Gasteiger partial charge < -0.3 is 14.3 Å². The van der Waals surface area contributed by atoms with Crippen LogP contribution in [0.5, 0.6) is 11.5 Å². The Bertz CT molecular complexity index is 331. The summed E-state index contributed by atoms with van der Waals surface area (Å²) in [6.45, 7) is 0.446. The Morgan fingerprint density at radius 2 is 2.00 bits per heavy atom. The molecule has 15 heavy (non-hydrogen) atoms. The molecule has 0 aliphatic rings. The molecule has 0 aromatic heterocycles. The van der Waals surface area contributed by atoms with Gasteiger partial charge in [0.2, 0.25) is 0 Å². The fourth-order valence-electron chi connectivity index (χ4n) is 1.29. The van der Waals surface area contributed by atoms with E-state index in [1.165, 1.54) is 0 Å². The van der Waals surface area contributed by atoms with E-state index in [0.717, 1.165) is 21.5 Å². The maximum Gasteiger partial charge on any atom is 0.126 e. The normalized spacial score (nSPS) is 10.1. The Balaban J connectivity index is 3.01. The van der Waals surface area contributed by atoms with Crippen molar-refractivity contribution in [3.05, 3.63) is 22.2 Å². The van der Waals surface area contributed by atoms with Gasteiger partial charge in [-0.15, -0.1) is 0 Å². The molecule has 0 atom stereocenters. The third-order valence-corrected chi connectivity index (χ3v) is 2.76. The first-order valence-corrected chi connectivity index (χ1v) is 5.24. The molecule has 84 valence electrons. The first-order valence-electron chi connectivity index (χ1n) is 4.45. The Labute approximate surface area is 97.4 Å². The molecule has 1 aromatic carbocycles. The van der Waals surface area contributed by atoms with E-state index in [0.29, 0.717) is 13.0 Å². The van der Waals surface area contributed by atoms with Crippen LogP contribution in [0.3, 0.4) is 0 Å². The van der Waals surface area contributed by atoms with Gasteiger partial charge >= 0.3 is 0 Å². The summed E-state index contributed by atoms with van der Waals surface area (Å²) in [5, 5.41) is 0. The topological polar surface area (TPSA) is 53.7 Å². The molecule has 0 aliphatic carbocycles. The van der Waals surface area contributed by atoms with Crippen LogP contribution >= 0.6 is 15.9 Å². The molecule has 2 N–H and O–H groups in total. The number of hydrogen-bond acceptors (Lipinski definition) is 4. The maximum atomic E-state index is 5.26. The highest BCUT2D eigenvalue weighted by Crippen LogP contribution is 2.32. The fraction of sp³-hybridized carbons (Fsp3) is 0.400. The average molecular weight is 276 g/mol. The van der Waals surface area contributed by atoms with Gasteiger partial charge in [-0.1, -0.05) is 15.9 Å². The second kappa shape index (κ2) is 5.95. The number of halogens is 1. The van der Waals surface area contributed by atoms with Crippen LogP contribution in [0, 0.1) is 0 Å². The van der Waals surface area contributed by atoms with Crippen LogP contribution in [-0.4, -0.2) is 20.8 Å². The SMILES string of the molecule is COc1cc(Br)c(CCON)c(OC)c1. The lowest BCUT2D eigenvalue weighted by Gasteiger charge is -2.12. The minimum absolute atomic E-state index is 0.446. The minimum atomic E-state index is 0.446. The van der Waals surface area contributed by atoms with Gasteiger partial charge in [-0.3, -0.25) is 0 Å². The zero-order valence-corrected chi connectivity index (χ0v) is 10.3. The van der Waals surface area contributed by atoms with Crippen LogP contribution in [0.4, 0.5) is 0 Å². The van der Waals surface area contributed by atoms with Crippen molar-refractivity contribution in [2.24, 2.45) is 5.90 Å². The molecule has 0 saturated carbocycles. The molecular formula is C10H14BrNO3. The van der Waals surface area contributed by atoms with Crippen LogP contribution in [0.15, 0.2) is 16.6 Å². The molecule has 0 amide bonds. The van der Waals surface area contributed by atoms with Gasteiger partial charge in [0.05, 0.1) is 20.8 Å². The molecule has 0 bridgehead atoms. The number of rotatable bonds is 5. The molecule has 1 rings (SSSR count). The first kappa shape index (κ1) is 12.3. The van der Waals surface area contributed by atoms with E-state index in [1.54, 1.807) is 14.2 Å². The average Bonchev–Trinajstić information content (AvgIpc) is 2.26. The van der Waals surface area contributed by atoms with E-state index >= 15 is 0 Å². The molecule has 0 aliphatic heterocycles. The van der Waals surface area contributed by atoms with Crippen LogP contribution in [0.1, 0.15) is 5.56 Å². The van der Waals surface area contributed by atoms with Crippen molar-refractivity contribution in [3.8, 4) is 11.5 Å². The van der Waals surface area contributed by atoms with Crippen LogP contribution < -0.4 is 15.4 Å². The van der Waals surface area contributed by atoms with Crippen LogP contribution in [0.2, 0.25) is 0 Å². The van der Waals surface area contributed by atoms with Crippen molar-refractivity contribution >= 4 is 15.9 Å². The van der Waals surface area contributed by atoms with Crippen LogP contribution in [-0.2, 0) is 11.3 Å². The predicted octanol–water partition coefficient (Wildman–Crippen LogP) is 1.90. The zero-order chi connectivity index (χ0) is 11.3. The van der Waals surface area contributed by atoms with Gasteiger partial charge in [-0.2, -0.15) is 0 Å². The molecule has 5 heteroatoms. The van der Waals surface area contributed by atoms with Gasteiger partial charge in [-0.05, 0) is 6.07 Å². The van der Waals surface area contributed by atoms with E-state index in [4.69, 9.17) is 15.4 Å². The Kier molecular flexibility index (Phi) is 4.87. The van der Waals surface area contributed by atoms with Crippen molar-refractivity contribution < 1.29 is 14.3 Å². The Morgan fingerprint density at radius 3 is 2.53 bits per heavy atom. The second-order valence-electron chi connectivity index (χ2n) is 2.91. The number of methoxy groups -OCH3 is 2. The fourth-order valence-corrected chi connectivity index (χ4v) is 1.91.